The summed E-state index contributed by atoms with van der Waals surface area (Å²) in [4.78, 5) is 0. The molecule has 3 aromatic rings. The van der Waals surface area contributed by atoms with Gasteiger partial charge in [0.2, 0.25) is 0 Å². The van der Waals surface area contributed by atoms with Gasteiger partial charge < -0.3 is 9.47 Å². The van der Waals surface area contributed by atoms with Crippen molar-refractivity contribution in [2.45, 2.75) is 6.61 Å². The summed E-state index contributed by atoms with van der Waals surface area (Å²) in [5.74, 6) is 2.46. The van der Waals surface area contributed by atoms with Gasteiger partial charge in [-0.05, 0) is 42.5 Å². The normalized spacial score (nSPS) is 10.2. The first-order valence-corrected chi connectivity index (χ1v) is 7.80. The molecule has 0 aliphatic rings. The van der Waals surface area contributed by atoms with Gasteiger partial charge in [-0.1, -0.05) is 52.3 Å². The SMILES string of the molecule is Brc1ccc(Oc2ccccc2)cc1COc1ccccc1. The molecule has 0 saturated heterocycles. The summed E-state index contributed by atoms with van der Waals surface area (Å²) in [6, 6.07) is 25.4. The van der Waals surface area contributed by atoms with Crippen LogP contribution in [0.15, 0.2) is 83.3 Å². The summed E-state index contributed by atoms with van der Waals surface area (Å²) in [5, 5.41) is 0. The highest BCUT2D eigenvalue weighted by atomic mass is 79.9. The number of hydrogen-bond donors (Lipinski definition) is 0. The molecule has 0 N–H and O–H groups in total. The van der Waals surface area contributed by atoms with Crippen LogP contribution in [0.4, 0.5) is 0 Å². The highest BCUT2D eigenvalue weighted by Gasteiger charge is 2.05. The fourth-order valence-corrected chi connectivity index (χ4v) is 2.39. The van der Waals surface area contributed by atoms with Gasteiger partial charge in [-0.3, -0.25) is 0 Å². The van der Waals surface area contributed by atoms with E-state index in [1.807, 2.05) is 78.9 Å². The van der Waals surface area contributed by atoms with Crippen molar-refractivity contribution in [1.29, 1.82) is 0 Å². The lowest BCUT2D eigenvalue weighted by Crippen LogP contribution is -1.97. The molecule has 110 valence electrons. The maximum absolute atomic E-state index is 5.85. The molecule has 0 bridgehead atoms. The van der Waals surface area contributed by atoms with Gasteiger partial charge in [0, 0.05) is 10.0 Å². The lowest BCUT2D eigenvalue weighted by atomic mass is 10.2. The average molecular weight is 355 g/mol. The topological polar surface area (TPSA) is 18.5 Å². The molecule has 0 radical (unpaired) electrons. The summed E-state index contributed by atoms with van der Waals surface area (Å²) in [6.07, 6.45) is 0. The van der Waals surface area contributed by atoms with Gasteiger partial charge in [-0.15, -0.1) is 0 Å². The largest absolute Gasteiger partial charge is 0.489 e. The molecule has 3 aromatic carbocycles. The van der Waals surface area contributed by atoms with E-state index in [9.17, 15) is 0 Å². The van der Waals surface area contributed by atoms with E-state index in [1.165, 1.54) is 0 Å². The van der Waals surface area contributed by atoms with Crippen LogP contribution in [0.2, 0.25) is 0 Å². The van der Waals surface area contributed by atoms with E-state index < -0.39 is 0 Å². The molecule has 0 amide bonds. The fraction of sp³-hybridized carbons (Fsp3) is 0.0526. The second kappa shape index (κ2) is 7.14. The first-order valence-electron chi connectivity index (χ1n) is 7.00. The van der Waals surface area contributed by atoms with E-state index in [0.717, 1.165) is 27.3 Å². The van der Waals surface area contributed by atoms with E-state index in [4.69, 9.17) is 9.47 Å². The molecule has 3 heteroatoms. The Morgan fingerprint density at radius 1 is 0.682 bits per heavy atom. The predicted molar refractivity (Wildman–Crippen MR) is 91.4 cm³/mol. The Morgan fingerprint density at radius 2 is 1.32 bits per heavy atom. The van der Waals surface area contributed by atoms with E-state index in [-0.39, 0.29) is 0 Å². The predicted octanol–water partition coefficient (Wildman–Crippen LogP) is 5.82. The van der Waals surface area contributed by atoms with Crippen molar-refractivity contribution in [3.05, 3.63) is 88.9 Å². The molecule has 2 nitrogen and oxygen atoms in total. The van der Waals surface area contributed by atoms with Crippen molar-refractivity contribution in [1.82, 2.24) is 0 Å². The molecule has 0 aromatic heterocycles. The van der Waals surface area contributed by atoms with Gasteiger partial charge in [0.25, 0.3) is 0 Å². The molecule has 3 rings (SSSR count). The van der Waals surface area contributed by atoms with Gasteiger partial charge in [0.1, 0.15) is 23.9 Å². The Labute approximate surface area is 138 Å². The Bertz CT molecular complexity index is 727. The molecule has 22 heavy (non-hydrogen) atoms. The van der Waals surface area contributed by atoms with Gasteiger partial charge in [-0.2, -0.15) is 0 Å². The quantitative estimate of drug-likeness (QED) is 0.574. The molecule has 0 heterocycles. The molecular weight excluding hydrogens is 340 g/mol. The van der Waals surface area contributed by atoms with Crippen LogP contribution < -0.4 is 9.47 Å². The van der Waals surface area contributed by atoms with Crippen molar-refractivity contribution in [3.8, 4) is 17.2 Å². The minimum atomic E-state index is 0.483. The zero-order valence-corrected chi connectivity index (χ0v) is 13.5. The van der Waals surface area contributed by atoms with E-state index >= 15 is 0 Å². The smallest absolute Gasteiger partial charge is 0.127 e. The lowest BCUT2D eigenvalue weighted by Gasteiger charge is -2.11. The maximum atomic E-state index is 5.85. The number of para-hydroxylation sites is 2. The minimum absolute atomic E-state index is 0.483. The van der Waals surface area contributed by atoms with Gasteiger partial charge in [-0.25, -0.2) is 0 Å². The van der Waals surface area contributed by atoms with Crippen LogP contribution in [0.5, 0.6) is 17.2 Å². The van der Waals surface area contributed by atoms with Gasteiger partial charge in [0.05, 0.1) is 0 Å². The minimum Gasteiger partial charge on any atom is -0.489 e. The highest BCUT2D eigenvalue weighted by molar-refractivity contribution is 9.10. The second-order valence-electron chi connectivity index (χ2n) is 4.77. The first-order chi connectivity index (χ1) is 10.8. The van der Waals surface area contributed by atoms with Crippen LogP contribution in [0.1, 0.15) is 5.56 Å². The third-order valence-corrected chi connectivity index (χ3v) is 3.91. The van der Waals surface area contributed by atoms with Crippen LogP contribution in [0, 0.1) is 0 Å². The van der Waals surface area contributed by atoms with Crippen molar-refractivity contribution in [2.75, 3.05) is 0 Å². The number of halogens is 1. The number of hydrogen-bond acceptors (Lipinski definition) is 2. The number of rotatable bonds is 5. The second-order valence-corrected chi connectivity index (χ2v) is 5.62. The zero-order chi connectivity index (χ0) is 15.2. The summed E-state index contributed by atoms with van der Waals surface area (Å²) < 4.78 is 12.6. The Morgan fingerprint density at radius 3 is 2.00 bits per heavy atom. The van der Waals surface area contributed by atoms with Crippen LogP contribution in [-0.4, -0.2) is 0 Å². The standard InChI is InChI=1S/C19H15BrO2/c20-19-12-11-18(22-17-9-5-2-6-10-17)13-15(19)14-21-16-7-3-1-4-8-16/h1-13H,14H2. The van der Waals surface area contributed by atoms with E-state index in [1.54, 1.807) is 0 Å². The monoisotopic (exact) mass is 354 g/mol. The fourth-order valence-electron chi connectivity index (χ4n) is 2.03. The summed E-state index contributed by atoms with van der Waals surface area (Å²) in [7, 11) is 0. The number of ether oxygens (including phenoxy) is 2. The average Bonchev–Trinajstić information content (AvgIpc) is 2.57. The van der Waals surface area contributed by atoms with Crippen LogP contribution in [0.3, 0.4) is 0 Å². The summed E-state index contributed by atoms with van der Waals surface area (Å²) in [5.41, 5.74) is 1.04. The summed E-state index contributed by atoms with van der Waals surface area (Å²) >= 11 is 3.55. The molecule has 0 unspecified atom stereocenters. The van der Waals surface area contributed by atoms with Crippen LogP contribution in [-0.2, 0) is 6.61 Å². The van der Waals surface area contributed by atoms with E-state index in [2.05, 4.69) is 15.9 Å². The van der Waals surface area contributed by atoms with Gasteiger partial charge in [0.15, 0.2) is 0 Å². The van der Waals surface area contributed by atoms with E-state index in [0.29, 0.717) is 6.61 Å². The number of benzene rings is 3. The summed E-state index contributed by atoms with van der Waals surface area (Å²) in [6.45, 7) is 0.483. The Kier molecular flexibility index (Phi) is 4.76. The molecule has 0 spiro atoms. The van der Waals surface area contributed by atoms with Crippen molar-refractivity contribution >= 4 is 15.9 Å². The molecule has 0 saturated carbocycles. The molecule has 0 fully saturated rings. The zero-order valence-electron chi connectivity index (χ0n) is 11.9. The van der Waals surface area contributed by atoms with Crippen LogP contribution >= 0.6 is 15.9 Å². The third kappa shape index (κ3) is 3.89. The molecule has 0 aliphatic carbocycles. The highest BCUT2D eigenvalue weighted by Crippen LogP contribution is 2.27. The Hall–Kier alpha value is -2.26. The maximum Gasteiger partial charge on any atom is 0.127 e. The van der Waals surface area contributed by atoms with Crippen molar-refractivity contribution in [3.63, 3.8) is 0 Å². The van der Waals surface area contributed by atoms with Gasteiger partial charge >= 0.3 is 0 Å². The molecule has 0 atom stereocenters. The molecule has 0 aliphatic heterocycles. The molecular formula is C19H15BrO2. The van der Waals surface area contributed by atoms with Crippen LogP contribution in [0.25, 0.3) is 0 Å². The first kappa shape index (κ1) is 14.7. The lowest BCUT2D eigenvalue weighted by molar-refractivity contribution is 0.305. The van der Waals surface area contributed by atoms with Crippen molar-refractivity contribution < 1.29 is 9.47 Å². The van der Waals surface area contributed by atoms with Crippen molar-refractivity contribution in [2.24, 2.45) is 0 Å². The third-order valence-electron chi connectivity index (χ3n) is 3.13. The Balaban J connectivity index is 1.72.